The Hall–Kier alpha value is -0.730. The highest BCUT2D eigenvalue weighted by molar-refractivity contribution is 6.42. The van der Waals surface area contributed by atoms with E-state index in [0.29, 0.717) is 21.5 Å². The van der Waals surface area contributed by atoms with E-state index in [4.69, 9.17) is 23.2 Å². The molecule has 3 rings (SSSR count). The number of carbonyl (C=O) groups excluding carboxylic acids is 1. The van der Waals surface area contributed by atoms with Crippen molar-refractivity contribution < 1.29 is 4.79 Å². The number of rotatable bonds is 3. The van der Waals surface area contributed by atoms with E-state index in [2.05, 4.69) is 12.2 Å². The molecule has 1 aromatic carbocycles. The van der Waals surface area contributed by atoms with E-state index in [9.17, 15) is 4.79 Å². The van der Waals surface area contributed by atoms with Crippen molar-refractivity contribution in [1.82, 2.24) is 5.32 Å². The van der Waals surface area contributed by atoms with Gasteiger partial charge in [-0.05, 0) is 62.1 Å². The summed E-state index contributed by atoms with van der Waals surface area (Å²) in [6.45, 7) is 2.13. The number of benzene rings is 1. The maximum Gasteiger partial charge on any atom is 0.251 e. The highest BCUT2D eigenvalue weighted by atomic mass is 35.5. The lowest BCUT2D eigenvalue weighted by Crippen LogP contribution is -2.40. The molecule has 1 amide bonds. The summed E-state index contributed by atoms with van der Waals surface area (Å²) < 4.78 is 0. The summed E-state index contributed by atoms with van der Waals surface area (Å²) in [4.78, 5) is 12.3. The third-order valence-corrected chi connectivity index (χ3v) is 5.71. The molecule has 1 N–H and O–H groups in total. The average Bonchev–Trinajstić information content (AvgIpc) is 3.04. The second-order valence-corrected chi connectivity index (χ2v) is 7.04. The van der Waals surface area contributed by atoms with Crippen LogP contribution < -0.4 is 5.32 Å². The van der Waals surface area contributed by atoms with Crippen LogP contribution in [0.2, 0.25) is 10.0 Å². The first-order chi connectivity index (χ1) is 9.54. The molecule has 108 valence electrons. The minimum absolute atomic E-state index is 0.0566. The zero-order valence-electron chi connectivity index (χ0n) is 11.5. The standard InChI is InChI=1S/C16H19Cl2NO/c1-9(13-7-10-2-3-11(13)6-10)19-16(20)12-4-5-14(17)15(18)8-12/h4-5,8-11,13H,2-3,6-7H2,1H3,(H,19,20)/t9-,10-,11-,13+/m0/s1. The van der Waals surface area contributed by atoms with E-state index in [1.54, 1.807) is 18.2 Å². The molecule has 0 aromatic heterocycles. The normalized spacial score (nSPS) is 29.4. The number of nitrogens with one attached hydrogen (secondary N) is 1. The fraction of sp³-hybridized carbons (Fsp3) is 0.562. The topological polar surface area (TPSA) is 29.1 Å². The van der Waals surface area contributed by atoms with Crippen LogP contribution in [-0.2, 0) is 0 Å². The molecular weight excluding hydrogens is 293 g/mol. The van der Waals surface area contributed by atoms with Crippen molar-refractivity contribution in [3.05, 3.63) is 33.8 Å². The highest BCUT2D eigenvalue weighted by Crippen LogP contribution is 2.49. The van der Waals surface area contributed by atoms with Crippen LogP contribution in [0.1, 0.15) is 43.0 Å². The predicted molar refractivity (Wildman–Crippen MR) is 82.3 cm³/mol. The number of halogens is 2. The van der Waals surface area contributed by atoms with Crippen LogP contribution in [0.5, 0.6) is 0 Å². The molecular formula is C16H19Cl2NO. The van der Waals surface area contributed by atoms with Gasteiger partial charge in [-0.25, -0.2) is 0 Å². The number of carbonyl (C=O) groups is 1. The van der Waals surface area contributed by atoms with Crippen molar-refractivity contribution in [1.29, 1.82) is 0 Å². The molecule has 2 aliphatic carbocycles. The summed E-state index contributed by atoms with van der Waals surface area (Å²) in [7, 11) is 0. The van der Waals surface area contributed by atoms with Crippen LogP contribution >= 0.6 is 23.2 Å². The predicted octanol–water partition coefficient (Wildman–Crippen LogP) is 4.55. The Morgan fingerprint density at radius 3 is 2.65 bits per heavy atom. The van der Waals surface area contributed by atoms with Crippen molar-refractivity contribution in [3.8, 4) is 0 Å². The molecule has 2 bridgehead atoms. The highest BCUT2D eigenvalue weighted by Gasteiger charge is 2.42. The average molecular weight is 312 g/mol. The maximum absolute atomic E-state index is 12.3. The molecule has 0 radical (unpaired) electrons. The molecule has 4 heteroatoms. The fourth-order valence-electron chi connectivity index (χ4n) is 3.94. The van der Waals surface area contributed by atoms with Crippen LogP contribution in [0.15, 0.2) is 18.2 Å². The van der Waals surface area contributed by atoms with Crippen molar-refractivity contribution in [2.24, 2.45) is 17.8 Å². The number of hydrogen-bond donors (Lipinski definition) is 1. The Morgan fingerprint density at radius 1 is 1.25 bits per heavy atom. The van der Waals surface area contributed by atoms with Gasteiger partial charge in [-0.1, -0.05) is 29.6 Å². The molecule has 2 aliphatic rings. The third kappa shape index (κ3) is 2.68. The SMILES string of the molecule is C[C@H](NC(=O)c1ccc(Cl)c(Cl)c1)[C@H]1C[C@H]2CC[C@H]1C2. The molecule has 2 fully saturated rings. The van der Waals surface area contributed by atoms with Crippen molar-refractivity contribution in [3.63, 3.8) is 0 Å². The van der Waals surface area contributed by atoms with Crippen molar-refractivity contribution in [2.45, 2.75) is 38.6 Å². The van der Waals surface area contributed by atoms with Crippen LogP contribution in [0.3, 0.4) is 0 Å². The second-order valence-electron chi connectivity index (χ2n) is 6.23. The summed E-state index contributed by atoms with van der Waals surface area (Å²) in [6.07, 6.45) is 5.35. The third-order valence-electron chi connectivity index (χ3n) is 4.98. The lowest BCUT2D eigenvalue weighted by molar-refractivity contribution is 0.0915. The van der Waals surface area contributed by atoms with Crippen molar-refractivity contribution in [2.75, 3.05) is 0 Å². The molecule has 1 aromatic rings. The second kappa shape index (κ2) is 5.57. The van der Waals surface area contributed by atoms with Gasteiger partial charge in [-0.15, -0.1) is 0 Å². The van der Waals surface area contributed by atoms with Crippen LogP contribution in [0.4, 0.5) is 0 Å². The minimum Gasteiger partial charge on any atom is -0.349 e. The molecule has 20 heavy (non-hydrogen) atoms. The van der Waals surface area contributed by atoms with E-state index in [1.807, 2.05) is 0 Å². The maximum atomic E-state index is 12.3. The lowest BCUT2D eigenvalue weighted by Gasteiger charge is -2.28. The van der Waals surface area contributed by atoms with Gasteiger partial charge < -0.3 is 5.32 Å². The van der Waals surface area contributed by atoms with E-state index in [0.717, 1.165) is 11.8 Å². The molecule has 0 saturated heterocycles. The van der Waals surface area contributed by atoms with Gasteiger partial charge in [0.2, 0.25) is 0 Å². The van der Waals surface area contributed by atoms with E-state index < -0.39 is 0 Å². The van der Waals surface area contributed by atoms with Gasteiger partial charge in [0.1, 0.15) is 0 Å². The van der Waals surface area contributed by atoms with E-state index >= 15 is 0 Å². The van der Waals surface area contributed by atoms with Crippen LogP contribution in [0.25, 0.3) is 0 Å². The number of amides is 1. The molecule has 0 aliphatic heterocycles. The Kier molecular flexibility index (Phi) is 3.96. The molecule has 2 nitrogen and oxygen atoms in total. The zero-order valence-corrected chi connectivity index (χ0v) is 13.0. The van der Waals surface area contributed by atoms with E-state index in [-0.39, 0.29) is 11.9 Å². The first-order valence-electron chi connectivity index (χ1n) is 7.30. The summed E-state index contributed by atoms with van der Waals surface area (Å²) in [5.41, 5.74) is 0.578. The minimum atomic E-state index is -0.0566. The van der Waals surface area contributed by atoms with Gasteiger partial charge in [0.05, 0.1) is 10.0 Å². The van der Waals surface area contributed by atoms with Crippen LogP contribution in [-0.4, -0.2) is 11.9 Å². The summed E-state index contributed by atoms with van der Waals surface area (Å²) in [6, 6.07) is 5.25. The number of fused-ring (bicyclic) bond motifs is 2. The monoisotopic (exact) mass is 311 g/mol. The van der Waals surface area contributed by atoms with Gasteiger partial charge in [-0.3, -0.25) is 4.79 Å². The Morgan fingerprint density at radius 2 is 2.05 bits per heavy atom. The lowest BCUT2D eigenvalue weighted by atomic mass is 9.84. The number of hydrogen-bond acceptors (Lipinski definition) is 1. The van der Waals surface area contributed by atoms with Crippen LogP contribution in [0, 0.1) is 17.8 Å². The summed E-state index contributed by atoms with van der Waals surface area (Å²) in [5.74, 6) is 2.29. The van der Waals surface area contributed by atoms with Gasteiger partial charge in [0.15, 0.2) is 0 Å². The molecule has 0 heterocycles. The van der Waals surface area contributed by atoms with Gasteiger partial charge in [-0.2, -0.15) is 0 Å². The smallest absolute Gasteiger partial charge is 0.251 e. The van der Waals surface area contributed by atoms with Gasteiger partial charge in [0, 0.05) is 11.6 Å². The largest absolute Gasteiger partial charge is 0.349 e. The van der Waals surface area contributed by atoms with Gasteiger partial charge in [0.25, 0.3) is 5.91 Å². The molecule has 0 unspecified atom stereocenters. The zero-order chi connectivity index (χ0) is 14.3. The summed E-state index contributed by atoms with van der Waals surface area (Å²) >= 11 is 11.8. The Bertz CT molecular complexity index is 531. The molecule has 2 saturated carbocycles. The quantitative estimate of drug-likeness (QED) is 0.872. The van der Waals surface area contributed by atoms with Gasteiger partial charge >= 0.3 is 0 Å². The first-order valence-corrected chi connectivity index (χ1v) is 8.06. The first kappa shape index (κ1) is 14.2. The Labute approximate surface area is 129 Å². The summed E-state index contributed by atoms with van der Waals surface area (Å²) in [5, 5.41) is 4.03. The Balaban J connectivity index is 1.65. The molecule has 4 atom stereocenters. The fourth-order valence-corrected chi connectivity index (χ4v) is 4.24. The van der Waals surface area contributed by atoms with Crippen molar-refractivity contribution >= 4 is 29.1 Å². The van der Waals surface area contributed by atoms with E-state index in [1.165, 1.54) is 25.7 Å². The molecule has 0 spiro atoms.